The number of thiophene rings is 1. The average molecular weight is 344 g/mol. The molecule has 2 fully saturated rings. The molecule has 5 heteroatoms. The Labute approximate surface area is 145 Å². The second kappa shape index (κ2) is 6.65. The van der Waals surface area contributed by atoms with Crippen LogP contribution in [0.1, 0.15) is 22.8 Å². The molecule has 2 aliphatic rings. The largest absolute Gasteiger partial charge is 0.340 e. The molecule has 0 radical (unpaired) electrons. The third-order valence-electron chi connectivity index (χ3n) is 5.06. The van der Waals surface area contributed by atoms with Gasteiger partial charge in [0.1, 0.15) is 5.82 Å². The summed E-state index contributed by atoms with van der Waals surface area (Å²) < 4.78 is 13.9. The van der Waals surface area contributed by atoms with Crippen LogP contribution >= 0.6 is 11.3 Å². The van der Waals surface area contributed by atoms with Gasteiger partial charge in [0, 0.05) is 43.5 Å². The summed E-state index contributed by atoms with van der Waals surface area (Å²) in [5.41, 5.74) is 0.701. The fraction of sp³-hybridized carbons (Fsp3) is 0.421. The molecule has 1 aliphatic carbocycles. The Morgan fingerprint density at radius 1 is 1.12 bits per heavy atom. The number of halogens is 1. The Kier molecular flexibility index (Phi) is 4.37. The van der Waals surface area contributed by atoms with Gasteiger partial charge in [-0.2, -0.15) is 0 Å². The molecule has 1 saturated heterocycles. The molecular formula is C19H21FN2OS. The molecule has 24 heavy (non-hydrogen) atoms. The molecule has 1 aromatic heterocycles. The zero-order valence-corrected chi connectivity index (χ0v) is 14.3. The Hall–Kier alpha value is -1.72. The molecule has 1 amide bonds. The first-order chi connectivity index (χ1) is 11.7. The zero-order chi connectivity index (χ0) is 16.5. The van der Waals surface area contributed by atoms with Crippen molar-refractivity contribution in [3.8, 4) is 0 Å². The van der Waals surface area contributed by atoms with E-state index in [0.29, 0.717) is 5.56 Å². The number of amides is 1. The van der Waals surface area contributed by atoms with Crippen LogP contribution in [0.5, 0.6) is 0 Å². The van der Waals surface area contributed by atoms with Crippen molar-refractivity contribution in [1.29, 1.82) is 0 Å². The minimum atomic E-state index is -0.182. The van der Waals surface area contributed by atoms with Crippen molar-refractivity contribution in [3.05, 3.63) is 58.0 Å². The van der Waals surface area contributed by atoms with Crippen LogP contribution in [-0.4, -0.2) is 41.9 Å². The zero-order valence-electron chi connectivity index (χ0n) is 13.5. The van der Waals surface area contributed by atoms with E-state index in [4.69, 9.17) is 0 Å². The summed E-state index contributed by atoms with van der Waals surface area (Å²) in [4.78, 5) is 18.4. The van der Waals surface area contributed by atoms with E-state index in [1.54, 1.807) is 17.4 Å². The highest BCUT2D eigenvalue weighted by Gasteiger charge is 2.47. The van der Waals surface area contributed by atoms with Crippen LogP contribution < -0.4 is 0 Å². The Balaban J connectivity index is 1.30. The van der Waals surface area contributed by atoms with Gasteiger partial charge in [-0.3, -0.25) is 9.69 Å². The van der Waals surface area contributed by atoms with Gasteiger partial charge in [-0.15, -0.1) is 11.3 Å². The Bertz CT molecular complexity index is 710. The topological polar surface area (TPSA) is 23.6 Å². The van der Waals surface area contributed by atoms with Gasteiger partial charge in [0.2, 0.25) is 5.91 Å². The first kappa shape index (κ1) is 15.8. The van der Waals surface area contributed by atoms with E-state index >= 15 is 0 Å². The van der Waals surface area contributed by atoms with Gasteiger partial charge in [-0.1, -0.05) is 24.3 Å². The highest BCUT2D eigenvalue weighted by Crippen LogP contribution is 2.49. The number of nitrogens with zero attached hydrogens (tertiary/aromatic N) is 2. The van der Waals surface area contributed by atoms with E-state index in [-0.39, 0.29) is 23.6 Å². The van der Waals surface area contributed by atoms with Crippen molar-refractivity contribution in [1.82, 2.24) is 9.80 Å². The van der Waals surface area contributed by atoms with Gasteiger partial charge < -0.3 is 4.90 Å². The van der Waals surface area contributed by atoms with Crippen LogP contribution in [-0.2, 0) is 11.3 Å². The summed E-state index contributed by atoms with van der Waals surface area (Å²) in [7, 11) is 0. The van der Waals surface area contributed by atoms with Gasteiger partial charge in [-0.25, -0.2) is 4.39 Å². The minimum Gasteiger partial charge on any atom is -0.340 e. The molecule has 2 heterocycles. The minimum absolute atomic E-state index is 0.0225. The lowest BCUT2D eigenvalue weighted by Crippen LogP contribution is -2.48. The number of carbonyl (C=O) groups excluding carboxylic acids is 1. The molecule has 126 valence electrons. The maximum absolute atomic E-state index is 13.9. The number of piperazine rings is 1. The summed E-state index contributed by atoms with van der Waals surface area (Å²) in [5, 5.41) is 2.10. The second-order valence-corrected chi connectivity index (χ2v) is 7.68. The molecule has 4 rings (SSSR count). The highest BCUT2D eigenvalue weighted by atomic mass is 32.1. The number of carbonyl (C=O) groups is 1. The monoisotopic (exact) mass is 344 g/mol. The maximum Gasteiger partial charge on any atom is 0.226 e. The van der Waals surface area contributed by atoms with Gasteiger partial charge in [-0.05, 0) is 35.4 Å². The summed E-state index contributed by atoms with van der Waals surface area (Å²) in [6.45, 7) is 4.37. The first-order valence-corrected chi connectivity index (χ1v) is 9.38. The van der Waals surface area contributed by atoms with Gasteiger partial charge in [0.15, 0.2) is 0 Å². The van der Waals surface area contributed by atoms with Crippen LogP contribution in [0.4, 0.5) is 4.39 Å². The number of hydrogen-bond donors (Lipinski definition) is 0. The summed E-state index contributed by atoms with van der Waals surface area (Å²) in [6, 6.07) is 11.1. The lowest BCUT2D eigenvalue weighted by Gasteiger charge is -2.34. The molecule has 2 aromatic rings. The molecule has 2 unspecified atom stereocenters. The van der Waals surface area contributed by atoms with E-state index in [2.05, 4.69) is 22.4 Å². The molecule has 0 spiro atoms. The summed E-state index contributed by atoms with van der Waals surface area (Å²) in [5.74, 6) is 0.0752. The molecule has 1 aromatic carbocycles. The fourth-order valence-corrected chi connectivity index (χ4v) is 4.32. The van der Waals surface area contributed by atoms with E-state index in [9.17, 15) is 9.18 Å². The van der Waals surface area contributed by atoms with Crippen LogP contribution in [0.15, 0.2) is 41.8 Å². The van der Waals surface area contributed by atoms with Gasteiger partial charge in [0.25, 0.3) is 0 Å². The normalized spacial score (nSPS) is 24.1. The molecule has 1 aliphatic heterocycles. The molecule has 3 nitrogen and oxygen atoms in total. The molecule has 0 N–H and O–H groups in total. The third-order valence-corrected chi connectivity index (χ3v) is 5.92. The number of rotatable bonds is 4. The SMILES string of the molecule is O=C(C1CC1c1ccccc1F)N1CCN(Cc2cccs2)CC1. The average Bonchev–Trinajstić information content (AvgIpc) is 3.23. The first-order valence-electron chi connectivity index (χ1n) is 8.50. The fourth-order valence-electron chi connectivity index (χ4n) is 3.57. The van der Waals surface area contributed by atoms with E-state index in [1.807, 2.05) is 17.0 Å². The van der Waals surface area contributed by atoms with E-state index in [1.165, 1.54) is 10.9 Å². The predicted octanol–water partition coefficient (Wildman–Crippen LogP) is 3.34. The Morgan fingerprint density at radius 3 is 2.62 bits per heavy atom. The third kappa shape index (κ3) is 3.23. The van der Waals surface area contributed by atoms with E-state index < -0.39 is 0 Å². The standard InChI is InChI=1S/C19H21FN2OS/c20-18-6-2-1-5-15(18)16-12-17(16)19(23)22-9-7-21(8-10-22)13-14-4-3-11-24-14/h1-6,11,16-17H,7-10,12-13H2. The van der Waals surface area contributed by atoms with Crippen LogP contribution in [0.2, 0.25) is 0 Å². The van der Waals surface area contributed by atoms with Gasteiger partial charge >= 0.3 is 0 Å². The van der Waals surface area contributed by atoms with Crippen molar-refractivity contribution < 1.29 is 9.18 Å². The molecule has 2 atom stereocenters. The van der Waals surface area contributed by atoms with Crippen molar-refractivity contribution in [2.24, 2.45) is 5.92 Å². The van der Waals surface area contributed by atoms with Crippen LogP contribution in [0.3, 0.4) is 0 Å². The maximum atomic E-state index is 13.9. The lowest BCUT2D eigenvalue weighted by atomic mass is 10.1. The second-order valence-electron chi connectivity index (χ2n) is 6.65. The smallest absolute Gasteiger partial charge is 0.226 e. The van der Waals surface area contributed by atoms with Crippen LogP contribution in [0.25, 0.3) is 0 Å². The lowest BCUT2D eigenvalue weighted by molar-refractivity contribution is -0.134. The number of hydrogen-bond acceptors (Lipinski definition) is 3. The summed E-state index contributed by atoms with van der Waals surface area (Å²) >= 11 is 1.78. The molecule has 1 saturated carbocycles. The van der Waals surface area contributed by atoms with Gasteiger partial charge in [0.05, 0.1) is 0 Å². The molecular weight excluding hydrogens is 323 g/mol. The van der Waals surface area contributed by atoms with Crippen molar-refractivity contribution in [2.75, 3.05) is 26.2 Å². The highest BCUT2D eigenvalue weighted by molar-refractivity contribution is 7.09. The Morgan fingerprint density at radius 2 is 1.92 bits per heavy atom. The quantitative estimate of drug-likeness (QED) is 0.849. The van der Waals surface area contributed by atoms with Crippen molar-refractivity contribution in [3.63, 3.8) is 0 Å². The van der Waals surface area contributed by atoms with Crippen LogP contribution in [0, 0.1) is 11.7 Å². The summed E-state index contributed by atoms with van der Waals surface area (Å²) in [6.07, 6.45) is 0.787. The molecule has 0 bridgehead atoms. The predicted molar refractivity (Wildman–Crippen MR) is 93.4 cm³/mol. The van der Waals surface area contributed by atoms with E-state index in [0.717, 1.165) is 39.1 Å². The number of benzene rings is 1. The van der Waals surface area contributed by atoms with Crippen molar-refractivity contribution >= 4 is 17.2 Å². The van der Waals surface area contributed by atoms with Crippen molar-refractivity contribution in [2.45, 2.75) is 18.9 Å².